The van der Waals surface area contributed by atoms with Crippen molar-refractivity contribution in [2.45, 2.75) is 0 Å². The Bertz CT molecular complexity index is 438. The molecule has 0 fully saturated rings. The summed E-state index contributed by atoms with van der Waals surface area (Å²) < 4.78 is 1.65. The van der Waals surface area contributed by atoms with Crippen molar-refractivity contribution in [3.63, 3.8) is 0 Å². The van der Waals surface area contributed by atoms with Crippen molar-refractivity contribution in [3.05, 3.63) is 27.0 Å². The molecule has 0 amide bonds. The van der Waals surface area contributed by atoms with Gasteiger partial charge in [-0.2, -0.15) is 0 Å². The zero-order valence-electron chi connectivity index (χ0n) is 5.84. The maximum absolute atomic E-state index is 9.48. The predicted octanol–water partition coefficient (Wildman–Crippen LogP) is 4.02. The molecule has 1 aromatic carbocycles. The van der Waals surface area contributed by atoms with Gasteiger partial charge in [0, 0.05) is 9.86 Å². The van der Waals surface area contributed by atoms with Crippen molar-refractivity contribution in [3.8, 4) is 5.75 Å². The van der Waals surface area contributed by atoms with E-state index in [0.717, 1.165) is 14.6 Å². The molecule has 0 unspecified atom stereocenters. The fourth-order valence-corrected chi connectivity index (χ4v) is 2.74. The van der Waals surface area contributed by atoms with E-state index in [-0.39, 0.29) is 5.75 Å². The molecule has 4 heteroatoms. The number of rotatable bonds is 0. The Morgan fingerprint density at radius 3 is 3.00 bits per heavy atom. The van der Waals surface area contributed by atoms with Crippen LogP contribution in [0.25, 0.3) is 10.1 Å². The first-order chi connectivity index (χ1) is 5.70. The second-order valence-corrected chi connectivity index (χ2v) is 4.50. The van der Waals surface area contributed by atoms with E-state index < -0.39 is 0 Å². The quantitative estimate of drug-likeness (QED) is 0.761. The smallest absolute Gasteiger partial charge is 0.125 e. The summed E-state index contributed by atoms with van der Waals surface area (Å²) in [6.07, 6.45) is 0. The van der Waals surface area contributed by atoms with Crippen LogP contribution >= 0.6 is 38.9 Å². The van der Waals surface area contributed by atoms with Crippen LogP contribution in [-0.4, -0.2) is 5.11 Å². The standard InChI is InChI=1S/C8H4BrClOS/c9-5-3-6(11)4-1-2-12-8(4)7(5)10/h1-3,11H. The zero-order valence-corrected chi connectivity index (χ0v) is 9.00. The van der Waals surface area contributed by atoms with Crippen LogP contribution in [0.3, 0.4) is 0 Å². The molecule has 1 N–H and O–H groups in total. The molecule has 1 nitrogen and oxygen atoms in total. The SMILES string of the molecule is Oc1cc(Br)c(Cl)c2sccc12. The molecule has 1 aromatic heterocycles. The summed E-state index contributed by atoms with van der Waals surface area (Å²) in [5, 5.41) is 12.9. The van der Waals surface area contributed by atoms with E-state index in [9.17, 15) is 5.11 Å². The number of benzene rings is 1. The number of halogens is 2. The topological polar surface area (TPSA) is 20.2 Å². The van der Waals surface area contributed by atoms with Crippen molar-refractivity contribution >= 4 is 49.0 Å². The van der Waals surface area contributed by atoms with Gasteiger partial charge in [-0.15, -0.1) is 11.3 Å². The van der Waals surface area contributed by atoms with Crippen LogP contribution in [0.2, 0.25) is 5.02 Å². The first-order valence-corrected chi connectivity index (χ1v) is 5.29. The van der Waals surface area contributed by atoms with Crippen LogP contribution < -0.4 is 0 Å². The van der Waals surface area contributed by atoms with E-state index in [1.165, 1.54) is 11.3 Å². The highest BCUT2D eigenvalue weighted by molar-refractivity contribution is 9.10. The lowest BCUT2D eigenvalue weighted by atomic mass is 10.2. The lowest BCUT2D eigenvalue weighted by Crippen LogP contribution is -1.71. The van der Waals surface area contributed by atoms with E-state index >= 15 is 0 Å². The minimum atomic E-state index is 0.266. The van der Waals surface area contributed by atoms with Gasteiger partial charge in [0.25, 0.3) is 0 Å². The molecule has 0 aliphatic rings. The van der Waals surface area contributed by atoms with Crippen molar-refractivity contribution < 1.29 is 5.11 Å². The van der Waals surface area contributed by atoms with E-state index in [1.807, 2.05) is 11.4 Å². The molecule has 0 aliphatic heterocycles. The second kappa shape index (κ2) is 2.91. The van der Waals surface area contributed by atoms with E-state index in [4.69, 9.17) is 11.6 Å². The summed E-state index contributed by atoms with van der Waals surface area (Å²) in [4.78, 5) is 0. The Labute approximate surface area is 86.7 Å². The summed E-state index contributed by atoms with van der Waals surface area (Å²) in [5.74, 6) is 0.266. The molecule has 2 aromatic rings. The maximum Gasteiger partial charge on any atom is 0.125 e. The molecule has 0 saturated carbocycles. The third-order valence-corrected chi connectivity index (χ3v) is 3.90. The summed E-state index contributed by atoms with van der Waals surface area (Å²) in [5.41, 5.74) is 0. The average Bonchev–Trinajstić information content (AvgIpc) is 2.48. The van der Waals surface area contributed by atoms with Crippen LogP contribution in [-0.2, 0) is 0 Å². The summed E-state index contributed by atoms with van der Waals surface area (Å²) in [7, 11) is 0. The Morgan fingerprint density at radius 1 is 1.50 bits per heavy atom. The monoisotopic (exact) mass is 262 g/mol. The molecular formula is C8H4BrClOS. The van der Waals surface area contributed by atoms with Gasteiger partial charge in [-0.25, -0.2) is 0 Å². The van der Waals surface area contributed by atoms with Crippen LogP contribution in [0.15, 0.2) is 22.0 Å². The number of phenolic OH excluding ortho intramolecular Hbond substituents is 1. The first-order valence-electron chi connectivity index (χ1n) is 3.24. The lowest BCUT2D eigenvalue weighted by molar-refractivity contribution is 0.481. The molecule has 12 heavy (non-hydrogen) atoms. The Kier molecular flexibility index (Phi) is 2.02. The van der Waals surface area contributed by atoms with Crippen molar-refractivity contribution in [2.24, 2.45) is 0 Å². The number of hydrogen-bond donors (Lipinski definition) is 1. The Morgan fingerprint density at radius 2 is 2.25 bits per heavy atom. The highest BCUT2D eigenvalue weighted by Crippen LogP contribution is 2.39. The van der Waals surface area contributed by atoms with E-state index in [2.05, 4.69) is 15.9 Å². The highest BCUT2D eigenvalue weighted by Gasteiger charge is 2.08. The van der Waals surface area contributed by atoms with Gasteiger partial charge in [0.15, 0.2) is 0 Å². The third kappa shape index (κ3) is 1.13. The van der Waals surface area contributed by atoms with Crippen LogP contribution in [0.4, 0.5) is 0 Å². The third-order valence-electron chi connectivity index (χ3n) is 1.61. The maximum atomic E-state index is 9.48. The molecule has 1 heterocycles. The minimum Gasteiger partial charge on any atom is -0.507 e. The minimum absolute atomic E-state index is 0.266. The van der Waals surface area contributed by atoms with Crippen molar-refractivity contribution in [1.29, 1.82) is 0 Å². The van der Waals surface area contributed by atoms with Crippen LogP contribution in [0.5, 0.6) is 5.75 Å². The zero-order chi connectivity index (χ0) is 8.72. The largest absolute Gasteiger partial charge is 0.507 e. The summed E-state index contributed by atoms with van der Waals surface area (Å²) >= 11 is 10.8. The fraction of sp³-hybridized carbons (Fsp3) is 0. The molecule has 0 radical (unpaired) electrons. The molecule has 0 atom stereocenters. The van der Waals surface area contributed by atoms with Crippen LogP contribution in [0.1, 0.15) is 0 Å². The predicted molar refractivity (Wildman–Crippen MR) is 56.2 cm³/mol. The summed E-state index contributed by atoms with van der Waals surface area (Å²) in [6, 6.07) is 3.46. The van der Waals surface area contributed by atoms with Gasteiger partial charge >= 0.3 is 0 Å². The Hall–Kier alpha value is -0.250. The van der Waals surface area contributed by atoms with Gasteiger partial charge in [-0.3, -0.25) is 0 Å². The van der Waals surface area contributed by atoms with Crippen molar-refractivity contribution in [2.75, 3.05) is 0 Å². The Balaban J connectivity index is 2.97. The van der Waals surface area contributed by atoms with Crippen molar-refractivity contribution in [1.82, 2.24) is 0 Å². The first kappa shape index (κ1) is 8.35. The molecular weight excluding hydrogens is 260 g/mol. The van der Waals surface area contributed by atoms with Gasteiger partial charge in [0.1, 0.15) is 5.75 Å². The van der Waals surface area contributed by atoms with Gasteiger partial charge in [0.2, 0.25) is 0 Å². The van der Waals surface area contributed by atoms with E-state index in [0.29, 0.717) is 5.02 Å². The number of aromatic hydroxyl groups is 1. The van der Waals surface area contributed by atoms with Gasteiger partial charge in [-0.1, -0.05) is 11.6 Å². The molecule has 2 rings (SSSR count). The highest BCUT2D eigenvalue weighted by atomic mass is 79.9. The molecule has 0 spiro atoms. The normalized spacial score (nSPS) is 10.8. The second-order valence-electron chi connectivity index (χ2n) is 2.35. The number of thiophene rings is 1. The van der Waals surface area contributed by atoms with Gasteiger partial charge in [-0.05, 0) is 33.4 Å². The number of fused-ring (bicyclic) bond motifs is 1. The molecule has 0 bridgehead atoms. The van der Waals surface area contributed by atoms with Gasteiger partial charge in [0.05, 0.1) is 9.72 Å². The fourth-order valence-electron chi connectivity index (χ4n) is 1.05. The number of phenols is 1. The lowest BCUT2D eigenvalue weighted by Gasteiger charge is -1.99. The summed E-state index contributed by atoms with van der Waals surface area (Å²) in [6.45, 7) is 0. The average molecular weight is 264 g/mol. The molecule has 62 valence electrons. The van der Waals surface area contributed by atoms with Gasteiger partial charge < -0.3 is 5.11 Å². The van der Waals surface area contributed by atoms with E-state index in [1.54, 1.807) is 6.07 Å². The molecule has 0 saturated heterocycles. The van der Waals surface area contributed by atoms with Crippen LogP contribution in [0, 0.1) is 0 Å². The molecule has 0 aliphatic carbocycles. The number of hydrogen-bond acceptors (Lipinski definition) is 2.